The molecular formula is C16H25N7O. The maximum atomic E-state index is 5.30. The third-order valence-corrected chi connectivity index (χ3v) is 4.61. The second-order valence-corrected chi connectivity index (χ2v) is 6.29. The van der Waals surface area contributed by atoms with Gasteiger partial charge in [0.1, 0.15) is 12.2 Å². The zero-order valence-electron chi connectivity index (χ0n) is 14.6. The van der Waals surface area contributed by atoms with Crippen molar-refractivity contribution in [2.45, 2.75) is 19.4 Å². The molecule has 0 radical (unpaired) electrons. The fraction of sp³-hybridized carbons (Fsp3) is 0.625. The first kappa shape index (κ1) is 16.6. The zero-order chi connectivity index (χ0) is 16.9. The summed E-state index contributed by atoms with van der Waals surface area (Å²) in [5, 5.41) is 4.13. The van der Waals surface area contributed by atoms with Crippen molar-refractivity contribution < 1.29 is 4.74 Å². The van der Waals surface area contributed by atoms with Gasteiger partial charge in [0.05, 0.1) is 13.7 Å². The molecule has 0 aromatic carbocycles. The number of hydrogen-bond donors (Lipinski definition) is 0. The Bertz CT molecular complexity index is 651. The molecule has 1 aliphatic rings. The molecule has 8 nitrogen and oxygen atoms in total. The molecule has 130 valence electrons. The van der Waals surface area contributed by atoms with Gasteiger partial charge in [-0.05, 0) is 31.8 Å². The van der Waals surface area contributed by atoms with E-state index in [0.717, 1.165) is 37.8 Å². The summed E-state index contributed by atoms with van der Waals surface area (Å²) in [6.45, 7) is 4.01. The Morgan fingerprint density at radius 3 is 2.62 bits per heavy atom. The topological polar surface area (TPSA) is 72.2 Å². The molecule has 1 saturated heterocycles. The van der Waals surface area contributed by atoms with Crippen LogP contribution in [0, 0.1) is 5.92 Å². The van der Waals surface area contributed by atoms with Crippen LogP contribution in [-0.4, -0.2) is 63.4 Å². The third kappa shape index (κ3) is 3.81. The lowest BCUT2D eigenvalue weighted by molar-refractivity contribution is 0.174. The van der Waals surface area contributed by atoms with Crippen molar-refractivity contribution in [2.24, 2.45) is 13.0 Å². The number of ether oxygens (including phenoxy) is 1. The Morgan fingerprint density at radius 1 is 1.21 bits per heavy atom. The predicted molar refractivity (Wildman–Crippen MR) is 90.9 cm³/mol. The average Bonchev–Trinajstić information content (AvgIpc) is 3.01. The summed E-state index contributed by atoms with van der Waals surface area (Å²) in [5.74, 6) is 3.06. The summed E-state index contributed by atoms with van der Waals surface area (Å²) >= 11 is 0. The lowest BCUT2D eigenvalue weighted by atomic mass is 9.96. The quantitative estimate of drug-likeness (QED) is 0.781. The van der Waals surface area contributed by atoms with E-state index in [0.29, 0.717) is 11.8 Å². The van der Waals surface area contributed by atoms with Gasteiger partial charge in [0.15, 0.2) is 5.82 Å². The van der Waals surface area contributed by atoms with Gasteiger partial charge in [-0.2, -0.15) is 5.10 Å². The van der Waals surface area contributed by atoms with Crippen LogP contribution in [-0.2, 0) is 13.6 Å². The molecule has 1 aliphatic heterocycles. The van der Waals surface area contributed by atoms with Crippen LogP contribution >= 0.6 is 0 Å². The molecule has 0 spiro atoms. The number of anilines is 1. The maximum Gasteiger partial charge on any atom is 0.257 e. The monoisotopic (exact) mass is 331 g/mol. The number of aryl methyl sites for hydroxylation is 1. The van der Waals surface area contributed by atoms with Crippen molar-refractivity contribution in [1.29, 1.82) is 0 Å². The number of methoxy groups -OCH3 is 1. The molecule has 0 bridgehead atoms. The van der Waals surface area contributed by atoms with Crippen LogP contribution in [0.25, 0.3) is 0 Å². The molecule has 2 aromatic rings. The molecule has 3 rings (SSSR count). The minimum absolute atomic E-state index is 0.583. The van der Waals surface area contributed by atoms with E-state index < -0.39 is 0 Å². The summed E-state index contributed by atoms with van der Waals surface area (Å²) in [4.78, 5) is 17.5. The van der Waals surface area contributed by atoms with Crippen molar-refractivity contribution >= 4 is 5.82 Å². The van der Waals surface area contributed by atoms with Gasteiger partial charge < -0.3 is 9.64 Å². The molecule has 0 amide bonds. The van der Waals surface area contributed by atoms with Crippen LogP contribution in [0.1, 0.15) is 18.7 Å². The highest BCUT2D eigenvalue weighted by molar-refractivity contribution is 5.46. The van der Waals surface area contributed by atoms with Crippen molar-refractivity contribution in [3.63, 3.8) is 0 Å². The molecule has 8 heteroatoms. The first-order valence-electron chi connectivity index (χ1n) is 8.28. The van der Waals surface area contributed by atoms with Crippen molar-refractivity contribution in [1.82, 2.24) is 29.6 Å². The van der Waals surface area contributed by atoms with Crippen LogP contribution in [0.5, 0.6) is 5.88 Å². The second-order valence-electron chi connectivity index (χ2n) is 6.29. The largest absolute Gasteiger partial charge is 0.478 e. The Hall–Kier alpha value is -2.22. The van der Waals surface area contributed by atoms with Crippen molar-refractivity contribution in [2.75, 3.05) is 38.7 Å². The molecule has 2 aromatic heterocycles. The first-order chi connectivity index (χ1) is 11.7. The number of piperidine rings is 1. The smallest absolute Gasteiger partial charge is 0.257 e. The van der Waals surface area contributed by atoms with E-state index in [-0.39, 0.29) is 0 Å². The second kappa shape index (κ2) is 7.57. The fourth-order valence-electron chi connectivity index (χ4n) is 3.19. The number of nitrogens with zero attached hydrogens (tertiary/aromatic N) is 7. The Kier molecular flexibility index (Phi) is 5.24. The predicted octanol–water partition coefficient (Wildman–Crippen LogP) is 0.962. The highest BCUT2D eigenvalue weighted by Gasteiger charge is 2.23. The number of likely N-dealkylation sites (tertiary alicyclic amines) is 1. The van der Waals surface area contributed by atoms with E-state index in [1.54, 1.807) is 25.8 Å². The Balaban J connectivity index is 1.51. The molecule has 24 heavy (non-hydrogen) atoms. The summed E-state index contributed by atoms with van der Waals surface area (Å²) < 4.78 is 7.15. The average molecular weight is 331 g/mol. The maximum absolute atomic E-state index is 5.30. The van der Waals surface area contributed by atoms with Crippen LogP contribution < -0.4 is 9.64 Å². The minimum Gasteiger partial charge on any atom is -0.478 e. The van der Waals surface area contributed by atoms with Gasteiger partial charge in [0.25, 0.3) is 5.88 Å². The van der Waals surface area contributed by atoms with Crippen LogP contribution in [0.4, 0.5) is 5.82 Å². The molecule has 0 saturated carbocycles. The van der Waals surface area contributed by atoms with Gasteiger partial charge in [-0.3, -0.25) is 9.58 Å². The van der Waals surface area contributed by atoms with E-state index in [1.165, 1.54) is 12.8 Å². The van der Waals surface area contributed by atoms with E-state index in [1.807, 2.05) is 11.7 Å². The number of aromatic nitrogens is 5. The highest BCUT2D eigenvalue weighted by atomic mass is 16.5. The number of hydrogen-bond acceptors (Lipinski definition) is 7. The van der Waals surface area contributed by atoms with Crippen LogP contribution in [0.3, 0.4) is 0 Å². The lowest BCUT2D eigenvalue weighted by Gasteiger charge is -2.33. The molecule has 0 unspecified atom stereocenters. The van der Waals surface area contributed by atoms with Crippen LogP contribution in [0.2, 0.25) is 0 Å². The van der Waals surface area contributed by atoms with Gasteiger partial charge >= 0.3 is 0 Å². The SMILES string of the molecule is COc1nccnc1N(C)CC1CCN(Cc2ncnn2C)CC1. The Morgan fingerprint density at radius 2 is 1.96 bits per heavy atom. The van der Waals surface area contributed by atoms with Gasteiger partial charge in [0, 0.05) is 33.0 Å². The third-order valence-electron chi connectivity index (χ3n) is 4.61. The summed E-state index contributed by atoms with van der Waals surface area (Å²) in [6, 6.07) is 0. The Labute approximate surface area is 142 Å². The zero-order valence-corrected chi connectivity index (χ0v) is 14.6. The fourth-order valence-corrected chi connectivity index (χ4v) is 3.19. The molecule has 3 heterocycles. The van der Waals surface area contributed by atoms with Gasteiger partial charge in [-0.15, -0.1) is 0 Å². The molecule has 0 aliphatic carbocycles. The molecule has 0 atom stereocenters. The molecule has 1 fully saturated rings. The molecular weight excluding hydrogens is 306 g/mol. The number of rotatable bonds is 6. The highest BCUT2D eigenvalue weighted by Crippen LogP contribution is 2.25. The van der Waals surface area contributed by atoms with Crippen molar-refractivity contribution in [3.05, 3.63) is 24.5 Å². The van der Waals surface area contributed by atoms with E-state index in [2.05, 4.69) is 36.9 Å². The minimum atomic E-state index is 0.583. The van der Waals surface area contributed by atoms with Gasteiger partial charge in [-0.1, -0.05) is 0 Å². The van der Waals surface area contributed by atoms with Crippen LogP contribution in [0.15, 0.2) is 18.7 Å². The lowest BCUT2D eigenvalue weighted by Crippen LogP contribution is -2.38. The van der Waals surface area contributed by atoms with Gasteiger partial charge in [-0.25, -0.2) is 15.0 Å². The summed E-state index contributed by atoms with van der Waals surface area (Å²) in [6.07, 6.45) is 7.32. The molecule has 0 N–H and O–H groups in total. The normalized spacial score (nSPS) is 16.3. The van der Waals surface area contributed by atoms with E-state index in [9.17, 15) is 0 Å². The van der Waals surface area contributed by atoms with Gasteiger partial charge in [0.2, 0.25) is 0 Å². The first-order valence-corrected chi connectivity index (χ1v) is 8.28. The van der Waals surface area contributed by atoms with E-state index >= 15 is 0 Å². The summed E-state index contributed by atoms with van der Waals surface area (Å²) in [5.41, 5.74) is 0. The van der Waals surface area contributed by atoms with E-state index in [4.69, 9.17) is 4.74 Å². The standard InChI is InChI=1S/C16H25N7O/c1-21(15-16(24-3)18-7-6-17-15)10-13-4-8-23(9-5-13)11-14-19-12-20-22(14)2/h6-7,12-13H,4-5,8-11H2,1-3H3. The van der Waals surface area contributed by atoms with Crippen molar-refractivity contribution in [3.8, 4) is 5.88 Å². The summed E-state index contributed by atoms with van der Waals surface area (Å²) in [7, 11) is 5.63.